The fraction of sp³-hybridized carbons (Fsp3) is 0.174. The predicted octanol–water partition coefficient (Wildman–Crippen LogP) is 3.08. The molecule has 2 heterocycles. The second-order valence-electron chi connectivity index (χ2n) is 7.21. The summed E-state index contributed by atoms with van der Waals surface area (Å²) in [5, 5.41) is 3.08. The van der Waals surface area contributed by atoms with E-state index in [0.717, 1.165) is 10.5 Å². The molecule has 0 saturated carbocycles. The summed E-state index contributed by atoms with van der Waals surface area (Å²) in [6.07, 6.45) is 0. The number of imide groups is 1. The van der Waals surface area contributed by atoms with Crippen LogP contribution in [0.3, 0.4) is 0 Å². The second-order valence-corrected chi connectivity index (χ2v) is 7.21. The Labute approximate surface area is 184 Å². The third-order valence-electron chi connectivity index (χ3n) is 4.95. The van der Waals surface area contributed by atoms with Gasteiger partial charge in [0.05, 0.1) is 30.0 Å². The number of hydrogen-bond donors (Lipinski definition) is 2. The number of nitrogens with two attached hydrogens (primary N) is 1. The largest absolute Gasteiger partial charge is 0.462 e. The van der Waals surface area contributed by atoms with Crippen LogP contribution in [0.1, 0.15) is 49.3 Å². The van der Waals surface area contributed by atoms with Gasteiger partial charge in [0.15, 0.2) is 5.82 Å². The molecule has 1 aromatic heterocycles. The number of amides is 2. The van der Waals surface area contributed by atoms with E-state index in [0.29, 0.717) is 16.8 Å². The van der Waals surface area contributed by atoms with Crippen LogP contribution in [-0.4, -0.2) is 39.3 Å². The first-order chi connectivity index (χ1) is 15.4. The second kappa shape index (κ2) is 8.46. The highest BCUT2D eigenvalue weighted by Crippen LogP contribution is 2.28. The zero-order valence-electron chi connectivity index (χ0n) is 17.6. The first-order valence-electron chi connectivity index (χ1n) is 10.0. The van der Waals surface area contributed by atoms with Crippen molar-refractivity contribution in [2.75, 3.05) is 17.7 Å². The molecular formula is C23H21N5O4. The number of nitrogens with zero attached hydrogens (tertiary/aromatic N) is 3. The van der Waals surface area contributed by atoms with Crippen LogP contribution in [0, 0.1) is 6.92 Å². The van der Waals surface area contributed by atoms with Gasteiger partial charge in [0.25, 0.3) is 11.8 Å². The highest BCUT2D eigenvalue weighted by Gasteiger charge is 2.37. The van der Waals surface area contributed by atoms with Gasteiger partial charge < -0.3 is 15.8 Å². The molecule has 0 radical (unpaired) electrons. The van der Waals surface area contributed by atoms with Crippen LogP contribution in [0.5, 0.6) is 0 Å². The van der Waals surface area contributed by atoms with Gasteiger partial charge in [-0.1, -0.05) is 24.3 Å². The summed E-state index contributed by atoms with van der Waals surface area (Å²) in [6, 6.07) is 14.0. The van der Waals surface area contributed by atoms with Crippen molar-refractivity contribution < 1.29 is 19.1 Å². The minimum Gasteiger partial charge on any atom is -0.462 e. The number of hydrogen-bond acceptors (Lipinski definition) is 8. The third kappa shape index (κ3) is 3.87. The number of anilines is 3. The molecule has 1 aliphatic heterocycles. The number of aryl methyl sites for hydroxylation is 1. The van der Waals surface area contributed by atoms with Crippen LogP contribution in [-0.2, 0) is 11.3 Å². The number of fused-ring (bicyclic) bond motifs is 1. The Balaban J connectivity index is 1.76. The molecule has 1 aliphatic rings. The quantitative estimate of drug-likeness (QED) is 0.450. The van der Waals surface area contributed by atoms with E-state index in [4.69, 9.17) is 10.5 Å². The Hall–Kier alpha value is -4.27. The summed E-state index contributed by atoms with van der Waals surface area (Å²) < 4.78 is 5.20. The summed E-state index contributed by atoms with van der Waals surface area (Å²) in [4.78, 5) is 47.9. The number of aromatic nitrogens is 2. The maximum absolute atomic E-state index is 12.8. The van der Waals surface area contributed by atoms with Crippen LogP contribution in [0.2, 0.25) is 0 Å². The van der Waals surface area contributed by atoms with Crippen molar-refractivity contribution in [1.29, 1.82) is 0 Å². The van der Waals surface area contributed by atoms with Crippen LogP contribution < -0.4 is 11.1 Å². The molecule has 0 spiro atoms. The van der Waals surface area contributed by atoms with Gasteiger partial charge >= 0.3 is 5.97 Å². The lowest BCUT2D eigenvalue weighted by atomic mass is 10.1. The van der Waals surface area contributed by atoms with Crippen molar-refractivity contribution in [2.24, 2.45) is 0 Å². The number of nitrogens with one attached hydrogen (secondary N) is 1. The molecule has 3 aromatic rings. The minimum absolute atomic E-state index is 0.0131. The monoisotopic (exact) mass is 431 g/mol. The van der Waals surface area contributed by atoms with Gasteiger partial charge in [-0.2, -0.15) is 4.98 Å². The van der Waals surface area contributed by atoms with Crippen molar-refractivity contribution in [1.82, 2.24) is 14.9 Å². The molecule has 9 nitrogen and oxygen atoms in total. The molecule has 0 saturated heterocycles. The van der Waals surface area contributed by atoms with E-state index in [1.54, 1.807) is 31.2 Å². The minimum atomic E-state index is -0.686. The van der Waals surface area contributed by atoms with Crippen molar-refractivity contribution in [3.63, 3.8) is 0 Å². The number of benzene rings is 2. The Morgan fingerprint density at radius 2 is 1.75 bits per heavy atom. The summed E-state index contributed by atoms with van der Waals surface area (Å²) in [5.74, 6) is -1.60. The van der Waals surface area contributed by atoms with Gasteiger partial charge in [-0.05, 0) is 43.7 Å². The molecule has 3 N–H and O–H groups in total. The lowest BCUT2D eigenvalue weighted by molar-refractivity contribution is 0.0516. The predicted molar refractivity (Wildman–Crippen MR) is 118 cm³/mol. The molecule has 0 aliphatic carbocycles. The molecule has 0 atom stereocenters. The Bertz CT molecular complexity index is 1210. The summed E-state index contributed by atoms with van der Waals surface area (Å²) >= 11 is 0. The van der Waals surface area contributed by atoms with Crippen molar-refractivity contribution in [3.8, 4) is 0 Å². The highest BCUT2D eigenvalue weighted by atomic mass is 16.5. The molecule has 0 bridgehead atoms. The SMILES string of the molecule is CCOC(=O)c1c(CN2C(=O)c3ccccc3C2=O)nc(N)nc1Nc1cccc(C)c1. The molecule has 4 rings (SSSR count). The van der Waals surface area contributed by atoms with Gasteiger partial charge in [0, 0.05) is 5.69 Å². The van der Waals surface area contributed by atoms with Crippen molar-refractivity contribution in [3.05, 3.63) is 76.5 Å². The van der Waals surface area contributed by atoms with Gasteiger partial charge in [0.1, 0.15) is 5.56 Å². The zero-order valence-corrected chi connectivity index (χ0v) is 17.6. The Morgan fingerprint density at radius 3 is 2.38 bits per heavy atom. The van der Waals surface area contributed by atoms with E-state index in [1.165, 1.54) is 0 Å². The van der Waals surface area contributed by atoms with E-state index in [1.807, 2.05) is 31.2 Å². The highest BCUT2D eigenvalue weighted by molar-refractivity contribution is 6.21. The fourth-order valence-electron chi connectivity index (χ4n) is 3.54. The fourth-order valence-corrected chi connectivity index (χ4v) is 3.54. The molecule has 2 amide bonds. The van der Waals surface area contributed by atoms with Crippen molar-refractivity contribution >= 4 is 35.2 Å². The van der Waals surface area contributed by atoms with Crippen molar-refractivity contribution in [2.45, 2.75) is 20.4 Å². The normalized spacial score (nSPS) is 12.6. The van der Waals surface area contributed by atoms with E-state index in [-0.39, 0.29) is 36.2 Å². The summed E-state index contributed by atoms with van der Waals surface area (Å²) in [5.41, 5.74) is 8.32. The summed E-state index contributed by atoms with van der Waals surface area (Å²) in [6.45, 7) is 3.47. The molecule has 162 valence electrons. The molecule has 0 fully saturated rings. The average molecular weight is 431 g/mol. The third-order valence-corrected chi connectivity index (χ3v) is 4.95. The number of ether oxygens (including phenoxy) is 1. The zero-order chi connectivity index (χ0) is 22.8. The number of rotatable bonds is 6. The maximum atomic E-state index is 12.8. The molecule has 0 unspecified atom stereocenters. The van der Waals surface area contributed by atoms with Gasteiger partial charge in [-0.25, -0.2) is 9.78 Å². The number of esters is 1. The first kappa shape index (κ1) is 21.0. The van der Waals surface area contributed by atoms with E-state index >= 15 is 0 Å². The van der Waals surface area contributed by atoms with Gasteiger partial charge in [-0.15, -0.1) is 0 Å². The van der Waals surface area contributed by atoms with Gasteiger partial charge in [-0.3, -0.25) is 14.5 Å². The molecule has 9 heteroatoms. The lowest BCUT2D eigenvalue weighted by Crippen LogP contribution is -2.31. The molecular weight excluding hydrogens is 410 g/mol. The van der Waals surface area contributed by atoms with Crippen LogP contribution in [0.4, 0.5) is 17.5 Å². The lowest BCUT2D eigenvalue weighted by Gasteiger charge is -2.18. The number of carbonyl (C=O) groups excluding carboxylic acids is 3. The van der Waals surface area contributed by atoms with Crippen LogP contribution in [0.15, 0.2) is 48.5 Å². The Morgan fingerprint density at radius 1 is 1.06 bits per heavy atom. The van der Waals surface area contributed by atoms with E-state index in [9.17, 15) is 14.4 Å². The van der Waals surface area contributed by atoms with E-state index in [2.05, 4.69) is 15.3 Å². The molecule has 32 heavy (non-hydrogen) atoms. The standard InChI is InChI=1S/C23H21N5O4/c1-3-32-22(31)18-17(12-28-20(29)15-9-4-5-10-16(15)21(28)30)26-23(24)27-19(18)25-14-8-6-7-13(2)11-14/h4-11H,3,12H2,1-2H3,(H3,24,25,26,27). The molecule has 2 aromatic carbocycles. The van der Waals surface area contributed by atoms with E-state index < -0.39 is 17.8 Å². The van der Waals surface area contributed by atoms with Crippen LogP contribution >= 0.6 is 0 Å². The first-order valence-corrected chi connectivity index (χ1v) is 10.0. The maximum Gasteiger partial charge on any atom is 0.343 e. The summed E-state index contributed by atoms with van der Waals surface area (Å²) in [7, 11) is 0. The Kier molecular flexibility index (Phi) is 5.55. The smallest absolute Gasteiger partial charge is 0.343 e. The van der Waals surface area contributed by atoms with Crippen LogP contribution in [0.25, 0.3) is 0 Å². The topological polar surface area (TPSA) is 128 Å². The van der Waals surface area contributed by atoms with Gasteiger partial charge in [0.2, 0.25) is 5.95 Å². The number of carbonyl (C=O) groups is 3. The number of nitrogen functional groups attached to an aromatic ring is 1. The average Bonchev–Trinajstić information content (AvgIpc) is 2.99.